The summed E-state index contributed by atoms with van der Waals surface area (Å²) < 4.78 is 13.5. The minimum Gasteiger partial charge on any atom is -0.113 e. The van der Waals surface area contributed by atoms with Gasteiger partial charge in [-0.05, 0) is 7.42 Å². The zero-order valence-electron chi connectivity index (χ0n) is 3.93. The molecule has 0 aliphatic rings. The van der Waals surface area contributed by atoms with E-state index in [1.807, 2.05) is 0 Å². The molecule has 0 aromatic heterocycles. The molecule has 0 aromatic carbocycles. The van der Waals surface area contributed by atoms with Gasteiger partial charge in [0.25, 0.3) is 0 Å². The van der Waals surface area contributed by atoms with Gasteiger partial charge in [-0.3, -0.25) is 0 Å². The molecule has 0 rings (SSSR count). The van der Waals surface area contributed by atoms with Crippen molar-refractivity contribution in [2.75, 3.05) is 0 Å². The fraction of sp³-hybridized carbons (Fsp3) is 0. The Morgan fingerprint density at radius 1 is 2.75 bits per heavy atom. The molecule has 0 heterocycles. The lowest BCUT2D eigenvalue weighted by molar-refractivity contribution is 5.50. The molecule has 0 aromatic rings. The third kappa shape index (κ3) is 3.64. The smallest absolute Gasteiger partial charge is 0.0740 e. The number of hydrogen-bond donors (Lipinski definition) is 0. The third-order valence-corrected chi connectivity index (χ3v) is 4.27. The second kappa shape index (κ2) is 4.64. The quantitative estimate of drug-likeness (QED) is 0.518. The van der Waals surface area contributed by atoms with Gasteiger partial charge in [0.15, 0.2) is 0 Å². The lowest BCUT2D eigenvalue weighted by Gasteiger charge is -1.70. The second-order valence-corrected chi connectivity index (χ2v) is 5.31. The molecule has 4 heavy (non-hydrogen) atoms. The van der Waals surface area contributed by atoms with E-state index in [1.165, 1.54) is 11.0 Å². The minimum absolute atomic E-state index is 0.125. The van der Waals surface area contributed by atoms with Crippen LogP contribution in [-0.4, -0.2) is 2.56 Å². The SMILES string of the molecule is [2H]P(P)SP[3H]. The molecule has 4 heteroatoms. The van der Waals surface area contributed by atoms with E-state index in [1.54, 1.807) is 0 Å². The van der Waals surface area contributed by atoms with Crippen LogP contribution < -0.4 is 0 Å². The van der Waals surface area contributed by atoms with E-state index in [2.05, 4.69) is 8.93 Å². The lowest BCUT2D eigenvalue weighted by Crippen LogP contribution is -0.838. The van der Waals surface area contributed by atoms with Gasteiger partial charge >= 0.3 is 0 Å². The standard InChI is InChI=1S/H5P3S/c1-3-4-2/h3H,1-2H2/i2T,3D. The van der Waals surface area contributed by atoms with Gasteiger partial charge < -0.3 is 0 Å². The molecule has 3 atom stereocenters. The Balaban J connectivity index is 2.63. The van der Waals surface area contributed by atoms with Crippen molar-refractivity contribution in [3.63, 3.8) is 0 Å². The molecule has 0 aliphatic carbocycles. The summed E-state index contributed by atoms with van der Waals surface area (Å²) in [7, 11) is 1.79. The van der Waals surface area contributed by atoms with Crippen molar-refractivity contribution in [1.29, 1.82) is 2.56 Å². The predicted octanol–water partition coefficient (Wildman–Crippen LogP) is 1.89. The van der Waals surface area contributed by atoms with Gasteiger partial charge in [-0.25, -0.2) is 0 Å². The molecular formula is H5P3S. The summed E-state index contributed by atoms with van der Waals surface area (Å²) in [5.74, 6) is 0. The number of hydrogen-bond acceptors (Lipinski definition) is 1. The molecule has 0 fully saturated rings. The maximum absolute atomic E-state index is 6.86. The largest absolute Gasteiger partial charge is 0.113 e. The molecule has 0 bridgehead atoms. The highest BCUT2D eigenvalue weighted by atomic mass is 33.1. The normalized spacial score (nSPS) is 25.2. The van der Waals surface area contributed by atoms with E-state index in [-0.39, 0.29) is 8.39 Å². The fourth-order valence-corrected chi connectivity index (χ4v) is 0. The van der Waals surface area contributed by atoms with Crippen LogP contribution in [0.15, 0.2) is 0 Å². The van der Waals surface area contributed by atoms with Crippen LogP contribution in [0.1, 0.15) is 0 Å². The molecule has 0 amide bonds. The predicted molar refractivity (Wildman–Crippen MR) is 35.3 cm³/mol. The Morgan fingerprint density at radius 3 is 3.50 bits per heavy atom. The van der Waals surface area contributed by atoms with Crippen LogP contribution in [0.3, 0.4) is 0 Å². The maximum Gasteiger partial charge on any atom is 0.0740 e. The van der Waals surface area contributed by atoms with Gasteiger partial charge in [0.1, 0.15) is 0 Å². The number of rotatable bonds is 2. The average Bonchev–Trinajstić information content (AvgIpc) is 1.35. The van der Waals surface area contributed by atoms with Crippen molar-refractivity contribution >= 4 is 35.7 Å². The van der Waals surface area contributed by atoms with Crippen LogP contribution in [0.25, 0.3) is 0 Å². The summed E-state index contributed by atoms with van der Waals surface area (Å²) in [4.78, 5) is 0. The average molecular weight is 133 g/mol. The highest BCUT2D eigenvalue weighted by molar-refractivity contribution is 8.83. The van der Waals surface area contributed by atoms with Crippen LogP contribution in [0.5, 0.6) is 0 Å². The summed E-state index contributed by atoms with van der Waals surface area (Å²) in [5, 5.41) is 0. The second-order valence-electron chi connectivity index (χ2n) is 0.197. The Morgan fingerprint density at radius 2 is 3.50 bits per heavy atom. The first-order valence-electron chi connectivity index (χ1n) is 1.59. The Hall–Kier alpha value is 1.64. The van der Waals surface area contributed by atoms with Crippen LogP contribution in [0, 0.1) is 0 Å². The van der Waals surface area contributed by atoms with Crippen molar-refractivity contribution in [2.24, 2.45) is 0 Å². The van der Waals surface area contributed by atoms with E-state index in [0.29, 0.717) is 0 Å². The summed E-state index contributed by atoms with van der Waals surface area (Å²) in [6.07, 6.45) is 0. The van der Waals surface area contributed by atoms with E-state index in [9.17, 15) is 0 Å². The van der Waals surface area contributed by atoms with Crippen molar-refractivity contribution in [3.05, 3.63) is 0 Å². The van der Waals surface area contributed by atoms with Gasteiger partial charge in [-0.1, -0.05) is 8.39 Å². The Labute approximate surface area is 39.0 Å². The molecular weight excluding hydrogens is 125 g/mol. The third-order valence-electron chi connectivity index (χ3n) is 0.0527. The molecule has 0 spiro atoms. The zero-order chi connectivity index (χ0) is 4.99. The van der Waals surface area contributed by atoms with Crippen LogP contribution in [-0.2, 0) is 0 Å². The molecule has 26 valence electrons. The van der Waals surface area contributed by atoms with Gasteiger partial charge in [-0.15, -0.1) is 19.9 Å². The van der Waals surface area contributed by atoms with E-state index >= 15 is 0 Å². The first-order valence-corrected chi connectivity index (χ1v) is 5.80. The van der Waals surface area contributed by atoms with E-state index in [0.717, 1.165) is 0 Å². The minimum atomic E-state index is -0.692. The maximum atomic E-state index is 6.86. The van der Waals surface area contributed by atoms with Crippen molar-refractivity contribution in [2.45, 2.75) is 0 Å². The fourth-order valence-electron chi connectivity index (χ4n) is 0. The molecule has 0 saturated heterocycles. The molecule has 0 saturated carbocycles. The Kier molecular flexibility index (Phi) is 3.19. The topological polar surface area (TPSA) is 0 Å². The Bertz CT molecular complexity index is 30.0. The van der Waals surface area contributed by atoms with E-state index < -0.39 is 7.42 Å². The highest BCUT2D eigenvalue weighted by Gasteiger charge is 1.54. The molecule has 0 aliphatic heterocycles. The van der Waals surface area contributed by atoms with Crippen molar-refractivity contribution < 1.29 is 0 Å². The molecule has 0 N–H and O–H groups in total. The lowest BCUT2D eigenvalue weighted by atomic mass is 29.6. The summed E-state index contributed by atoms with van der Waals surface area (Å²) in [6.45, 7) is 0. The van der Waals surface area contributed by atoms with Crippen LogP contribution in [0.4, 0.5) is 0 Å². The van der Waals surface area contributed by atoms with Gasteiger partial charge in [0.05, 0.1) is 2.56 Å². The first-order chi connectivity index (χ1) is 2.77. The van der Waals surface area contributed by atoms with E-state index in [4.69, 9.17) is 2.56 Å². The van der Waals surface area contributed by atoms with Crippen molar-refractivity contribution in [1.82, 2.24) is 0 Å². The zero-order valence-corrected chi connectivity index (χ0v) is 5.80. The summed E-state index contributed by atoms with van der Waals surface area (Å²) in [6, 6.07) is 0. The first kappa shape index (κ1) is 2.75. The molecule has 0 nitrogen and oxygen atoms in total. The van der Waals surface area contributed by atoms with Crippen LogP contribution in [0.2, 0.25) is 0 Å². The van der Waals surface area contributed by atoms with Gasteiger partial charge in [0, 0.05) is 0 Å². The highest BCUT2D eigenvalue weighted by Crippen LogP contribution is 2.41. The molecule has 0 radical (unpaired) electrons. The van der Waals surface area contributed by atoms with Crippen LogP contribution >= 0.6 is 35.7 Å². The van der Waals surface area contributed by atoms with Gasteiger partial charge in [0.2, 0.25) is 0 Å². The monoisotopic (exact) mass is 133 g/mol. The summed E-state index contributed by atoms with van der Waals surface area (Å²) in [5.41, 5.74) is 0. The van der Waals surface area contributed by atoms with Gasteiger partial charge in [-0.2, -0.15) is 0 Å². The molecule has 3 unspecified atom stereocenters. The summed E-state index contributed by atoms with van der Waals surface area (Å²) >= 11 is 1.38. The van der Waals surface area contributed by atoms with Crippen molar-refractivity contribution in [3.8, 4) is 0 Å².